The summed E-state index contributed by atoms with van der Waals surface area (Å²) in [5, 5.41) is 0. The number of carbonyl (C=O) groups is 2. The predicted molar refractivity (Wildman–Crippen MR) is 102 cm³/mol. The van der Waals surface area contributed by atoms with Crippen LogP contribution in [-0.4, -0.2) is 79.4 Å². The van der Waals surface area contributed by atoms with Crippen LogP contribution >= 0.6 is 0 Å². The highest BCUT2D eigenvalue weighted by Gasteiger charge is 2.23. The lowest BCUT2D eigenvalue weighted by molar-refractivity contribution is -0.135. The normalized spacial score (nSPS) is 15.2. The lowest BCUT2D eigenvalue weighted by atomic mass is 10.1. The minimum absolute atomic E-state index is 0.138. The Balaban J connectivity index is 1.73. The van der Waals surface area contributed by atoms with Gasteiger partial charge in [0.2, 0.25) is 11.8 Å². The Morgan fingerprint density at radius 1 is 1.12 bits per heavy atom. The molecule has 2 amide bonds. The SMILES string of the molecule is COc1ccc(CCC(=O)N2CCN(CC(=O)N(C)C(C)C)CC2)cc1. The summed E-state index contributed by atoms with van der Waals surface area (Å²) in [4.78, 5) is 30.4. The van der Waals surface area contributed by atoms with Crippen LogP contribution in [0.2, 0.25) is 0 Å². The zero-order chi connectivity index (χ0) is 19.1. The lowest BCUT2D eigenvalue weighted by Crippen LogP contribution is -2.51. The minimum Gasteiger partial charge on any atom is -0.497 e. The first-order valence-electron chi connectivity index (χ1n) is 9.29. The van der Waals surface area contributed by atoms with Gasteiger partial charge in [-0.2, -0.15) is 0 Å². The molecule has 0 aliphatic carbocycles. The summed E-state index contributed by atoms with van der Waals surface area (Å²) >= 11 is 0. The van der Waals surface area contributed by atoms with Gasteiger partial charge in [-0.15, -0.1) is 0 Å². The van der Waals surface area contributed by atoms with Gasteiger partial charge >= 0.3 is 0 Å². The zero-order valence-corrected chi connectivity index (χ0v) is 16.4. The Hall–Kier alpha value is -2.08. The number of nitrogens with zero attached hydrogens (tertiary/aromatic N) is 3. The quantitative estimate of drug-likeness (QED) is 0.741. The zero-order valence-electron chi connectivity index (χ0n) is 16.4. The molecule has 6 nitrogen and oxygen atoms in total. The molecule has 2 rings (SSSR count). The van der Waals surface area contributed by atoms with Crippen molar-refractivity contribution < 1.29 is 14.3 Å². The monoisotopic (exact) mass is 361 g/mol. The third-order valence-electron chi connectivity index (χ3n) is 5.04. The molecule has 1 saturated heterocycles. The topological polar surface area (TPSA) is 53.1 Å². The number of piperazine rings is 1. The van der Waals surface area contributed by atoms with Crippen LogP contribution in [0.15, 0.2) is 24.3 Å². The number of methoxy groups -OCH3 is 1. The molecule has 0 spiro atoms. The van der Waals surface area contributed by atoms with Crippen molar-refractivity contribution in [2.24, 2.45) is 0 Å². The maximum atomic E-state index is 12.4. The van der Waals surface area contributed by atoms with Gasteiger partial charge < -0.3 is 14.5 Å². The van der Waals surface area contributed by atoms with Crippen molar-refractivity contribution in [3.63, 3.8) is 0 Å². The molecule has 1 aromatic rings. The Morgan fingerprint density at radius 2 is 1.73 bits per heavy atom. The second kappa shape index (κ2) is 9.57. The molecule has 0 saturated carbocycles. The molecule has 6 heteroatoms. The molecule has 0 bridgehead atoms. The maximum Gasteiger partial charge on any atom is 0.236 e. The average molecular weight is 361 g/mol. The first kappa shape index (κ1) is 20.2. The Labute approximate surface area is 156 Å². The van der Waals surface area contributed by atoms with Gasteiger partial charge in [-0.25, -0.2) is 0 Å². The first-order chi connectivity index (χ1) is 12.4. The minimum atomic E-state index is 0.138. The summed E-state index contributed by atoms with van der Waals surface area (Å²) in [6.45, 7) is 7.36. The molecule has 26 heavy (non-hydrogen) atoms. The van der Waals surface area contributed by atoms with Gasteiger partial charge in [-0.05, 0) is 38.0 Å². The first-order valence-corrected chi connectivity index (χ1v) is 9.29. The summed E-state index contributed by atoms with van der Waals surface area (Å²) in [6.07, 6.45) is 1.25. The molecule has 0 atom stereocenters. The van der Waals surface area contributed by atoms with Crippen molar-refractivity contribution in [1.82, 2.24) is 14.7 Å². The summed E-state index contributed by atoms with van der Waals surface area (Å²) in [5.41, 5.74) is 1.14. The van der Waals surface area contributed by atoms with Crippen molar-refractivity contribution in [3.05, 3.63) is 29.8 Å². The molecule has 1 aliphatic heterocycles. The molecular formula is C20H31N3O3. The highest BCUT2D eigenvalue weighted by molar-refractivity contribution is 5.78. The van der Waals surface area contributed by atoms with Gasteiger partial charge in [0.15, 0.2) is 0 Å². The molecule has 1 aromatic carbocycles. The van der Waals surface area contributed by atoms with Crippen molar-refractivity contribution in [3.8, 4) is 5.75 Å². The van der Waals surface area contributed by atoms with E-state index in [1.807, 2.05) is 50.1 Å². The molecule has 0 unspecified atom stereocenters. The van der Waals surface area contributed by atoms with Crippen molar-refractivity contribution in [2.75, 3.05) is 46.9 Å². The highest BCUT2D eigenvalue weighted by Crippen LogP contribution is 2.13. The number of rotatable bonds is 7. The van der Waals surface area contributed by atoms with Gasteiger partial charge in [-0.1, -0.05) is 12.1 Å². The fourth-order valence-corrected chi connectivity index (χ4v) is 2.95. The van der Waals surface area contributed by atoms with Gasteiger partial charge in [0.05, 0.1) is 13.7 Å². The number of benzene rings is 1. The fourth-order valence-electron chi connectivity index (χ4n) is 2.95. The van der Waals surface area contributed by atoms with Crippen LogP contribution in [0.1, 0.15) is 25.8 Å². The van der Waals surface area contributed by atoms with E-state index in [0.29, 0.717) is 26.1 Å². The van der Waals surface area contributed by atoms with E-state index in [0.717, 1.165) is 30.8 Å². The summed E-state index contributed by atoms with van der Waals surface area (Å²) < 4.78 is 5.15. The van der Waals surface area contributed by atoms with E-state index < -0.39 is 0 Å². The van der Waals surface area contributed by atoms with Crippen LogP contribution in [0.25, 0.3) is 0 Å². The van der Waals surface area contributed by atoms with Crippen LogP contribution in [0.5, 0.6) is 5.75 Å². The van der Waals surface area contributed by atoms with Crippen molar-refractivity contribution in [1.29, 1.82) is 0 Å². The molecule has 144 valence electrons. The van der Waals surface area contributed by atoms with Gasteiger partial charge in [0, 0.05) is 45.7 Å². The van der Waals surface area contributed by atoms with E-state index >= 15 is 0 Å². The van der Waals surface area contributed by atoms with Crippen LogP contribution in [0, 0.1) is 0 Å². The molecule has 1 aliphatic rings. The predicted octanol–water partition coefficient (Wildman–Crippen LogP) is 1.64. The van der Waals surface area contributed by atoms with Gasteiger partial charge in [0.25, 0.3) is 0 Å². The van der Waals surface area contributed by atoms with E-state index in [4.69, 9.17) is 4.74 Å². The molecule has 0 radical (unpaired) electrons. The van der Waals surface area contributed by atoms with E-state index in [9.17, 15) is 9.59 Å². The average Bonchev–Trinajstić information content (AvgIpc) is 2.66. The van der Waals surface area contributed by atoms with Crippen molar-refractivity contribution in [2.45, 2.75) is 32.7 Å². The molecule has 1 fully saturated rings. The second-order valence-corrected chi connectivity index (χ2v) is 7.10. The number of carbonyl (C=O) groups excluding carboxylic acids is 2. The largest absolute Gasteiger partial charge is 0.497 e. The summed E-state index contributed by atoms with van der Waals surface area (Å²) in [5.74, 6) is 1.15. The van der Waals surface area contributed by atoms with Crippen LogP contribution in [0.4, 0.5) is 0 Å². The van der Waals surface area contributed by atoms with Crippen LogP contribution in [-0.2, 0) is 16.0 Å². The van der Waals surface area contributed by atoms with E-state index in [1.165, 1.54) is 0 Å². The highest BCUT2D eigenvalue weighted by atomic mass is 16.5. The van der Waals surface area contributed by atoms with Gasteiger partial charge in [0.1, 0.15) is 5.75 Å². The van der Waals surface area contributed by atoms with E-state index in [2.05, 4.69) is 4.90 Å². The Kier molecular flexibility index (Phi) is 7.45. The number of hydrogen-bond donors (Lipinski definition) is 0. The number of ether oxygens (including phenoxy) is 1. The second-order valence-electron chi connectivity index (χ2n) is 7.10. The maximum absolute atomic E-state index is 12.4. The molecular weight excluding hydrogens is 330 g/mol. The Bertz CT molecular complexity index is 593. The van der Waals surface area contributed by atoms with Crippen LogP contribution < -0.4 is 4.74 Å². The summed E-state index contributed by atoms with van der Waals surface area (Å²) in [7, 11) is 3.48. The van der Waals surface area contributed by atoms with Crippen LogP contribution in [0.3, 0.4) is 0 Å². The van der Waals surface area contributed by atoms with Crippen molar-refractivity contribution >= 4 is 11.8 Å². The number of likely N-dealkylation sites (N-methyl/N-ethyl adjacent to an activating group) is 1. The smallest absolute Gasteiger partial charge is 0.236 e. The van der Waals surface area contributed by atoms with E-state index in [-0.39, 0.29) is 17.9 Å². The number of amides is 2. The fraction of sp³-hybridized carbons (Fsp3) is 0.600. The third-order valence-corrected chi connectivity index (χ3v) is 5.04. The molecule has 0 aromatic heterocycles. The third kappa shape index (κ3) is 5.73. The number of hydrogen-bond acceptors (Lipinski definition) is 4. The number of aryl methyl sites for hydroxylation is 1. The van der Waals surface area contributed by atoms with Gasteiger partial charge in [-0.3, -0.25) is 14.5 Å². The van der Waals surface area contributed by atoms with E-state index in [1.54, 1.807) is 12.0 Å². The lowest BCUT2D eigenvalue weighted by Gasteiger charge is -2.35. The Morgan fingerprint density at radius 3 is 2.27 bits per heavy atom. The molecule has 1 heterocycles. The molecule has 0 N–H and O–H groups in total. The standard InChI is InChI=1S/C20H31N3O3/c1-16(2)21(3)20(25)15-22-11-13-23(14-12-22)19(24)10-7-17-5-8-18(26-4)9-6-17/h5-6,8-9,16H,7,10-15H2,1-4H3. The summed E-state index contributed by atoms with van der Waals surface area (Å²) in [6, 6.07) is 8.05.